The highest BCUT2D eigenvalue weighted by Crippen LogP contribution is 2.29. The van der Waals surface area contributed by atoms with Crippen LogP contribution >= 0.6 is 0 Å². The highest BCUT2D eigenvalue weighted by molar-refractivity contribution is 7.91. The van der Waals surface area contributed by atoms with Gasteiger partial charge >= 0.3 is 0 Å². The van der Waals surface area contributed by atoms with E-state index in [1.165, 1.54) is 16.2 Å². The van der Waals surface area contributed by atoms with Crippen LogP contribution < -0.4 is 9.80 Å². The molecule has 4 rings (SSSR count). The molecule has 162 valence electrons. The lowest BCUT2D eigenvalue weighted by atomic mass is 10.1. The number of rotatable bonds is 5. The number of anilines is 1. The number of nitrogens with one attached hydrogen (secondary N) is 1. The van der Waals surface area contributed by atoms with Gasteiger partial charge in [0.05, 0.1) is 37.7 Å². The first-order chi connectivity index (χ1) is 14.2. The summed E-state index contributed by atoms with van der Waals surface area (Å²) in [6.45, 7) is 10.4. The summed E-state index contributed by atoms with van der Waals surface area (Å²) in [6, 6.07) is 10.4. The third-order valence-corrected chi connectivity index (χ3v) is 8.45. The van der Waals surface area contributed by atoms with Crippen LogP contribution in [0.15, 0.2) is 30.3 Å². The van der Waals surface area contributed by atoms with Crippen LogP contribution in [0.4, 0.5) is 5.69 Å². The average molecular weight is 431 g/mol. The second-order valence-electron chi connectivity index (χ2n) is 8.84. The van der Waals surface area contributed by atoms with Gasteiger partial charge in [0, 0.05) is 28.7 Å². The Labute approximate surface area is 179 Å². The van der Waals surface area contributed by atoms with Crippen molar-refractivity contribution in [3.05, 3.63) is 52.8 Å². The van der Waals surface area contributed by atoms with Crippen molar-refractivity contribution in [1.29, 1.82) is 0 Å². The molecule has 1 atom stereocenters. The Kier molecular flexibility index (Phi) is 5.77. The SMILES string of the molecule is Cc1ccccc1N1CC[NH+](CC(=O)c2cc(C)n([C@@H]3CCS(=O)(=O)C3)c2C)CC1. The molecule has 1 aromatic heterocycles. The lowest BCUT2D eigenvalue weighted by molar-refractivity contribution is -0.892. The Balaban J connectivity index is 1.41. The van der Waals surface area contributed by atoms with Gasteiger partial charge < -0.3 is 14.4 Å². The van der Waals surface area contributed by atoms with Crippen molar-refractivity contribution in [3.63, 3.8) is 0 Å². The molecule has 0 aliphatic carbocycles. The molecule has 2 aromatic rings. The van der Waals surface area contributed by atoms with Gasteiger partial charge in [-0.1, -0.05) is 18.2 Å². The van der Waals surface area contributed by atoms with Gasteiger partial charge in [0.2, 0.25) is 5.78 Å². The molecule has 6 nitrogen and oxygen atoms in total. The Morgan fingerprint density at radius 2 is 1.83 bits per heavy atom. The fourth-order valence-corrected chi connectivity index (χ4v) is 6.78. The number of ketones is 1. The summed E-state index contributed by atoms with van der Waals surface area (Å²) in [5.74, 6) is 0.589. The number of aromatic nitrogens is 1. The standard InChI is InChI=1S/C23H31N3O3S/c1-17-6-4-5-7-22(17)25-11-9-24(10-12-25)15-23(27)21-14-18(2)26(19(21)3)20-8-13-30(28,29)16-20/h4-7,14,20H,8-13,15-16H2,1-3H3/p+1/t20-/m1/s1. The predicted molar refractivity (Wildman–Crippen MR) is 120 cm³/mol. The van der Waals surface area contributed by atoms with Crippen molar-refractivity contribution < 1.29 is 18.1 Å². The maximum absolute atomic E-state index is 13.1. The van der Waals surface area contributed by atoms with Gasteiger partial charge in [0.25, 0.3) is 0 Å². The van der Waals surface area contributed by atoms with Crippen LogP contribution in [-0.4, -0.2) is 63.0 Å². The number of nitrogens with zero attached hydrogens (tertiary/aromatic N) is 2. The first-order valence-corrected chi connectivity index (χ1v) is 12.6. The number of sulfone groups is 1. The molecule has 0 radical (unpaired) electrons. The molecule has 0 amide bonds. The van der Waals surface area contributed by atoms with E-state index in [4.69, 9.17) is 0 Å². The highest BCUT2D eigenvalue weighted by Gasteiger charge is 2.32. The molecule has 7 heteroatoms. The highest BCUT2D eigenvalue weighted by atomic mass is 32.2. The molecule has 30 heavy (non-hydrogen) atoms. The normalized spacial score (nSPS) is 21.8. The maximum Gasteiger partial charge on any atom is 0.218 e. The molecule has 1 N–H and O–H groups in total. The minimum Gasteiger partial charge on any atom is -0.360 e. The van der Waals surface area contributed by atoms with E-state index in [1.807, 2.05) is 19.9 Å². The van der Waals surface area contributed by atoms with Crippen LogP contribution in [0.25, 0.3) is 0 Å². The molecule has 0 unspecified atom stereocenters. The Bertz CT molecular complexity index is 1050. The third kappa shape index (κ3) is 4.18. The molecule has 2 saturated heterocycles. The summed E-state index contributed by atoms with van der Waals surface area (Å²) < 4.78 is 25.9. The Morgan fingerprint density at radius 1 is 1.13 bits per heavy atom. The second-order valence-corrected chi connectivity index (χ2v) is 11.1. The van der Waals surface area contributed by atoms with Crippen LogP contribution in [-0.2, 0) is 9.84 Å². The Hall–Kier alpha value is -2.12. The quantitative estimate of drug-likeness (QED) is 0.728. The second kappa shape index (κ2) is 8.19. The molecular formula is C23H32N3O3S+. The summed E-state index contributed by atoms with van der Waals surface area (Å²) >= 11 is 0. The monoisotopic (exact) mass is 430 g/mol. The van der Waals surface area contributed by atoms with E-state index in [2.05, 4.69) is 40.7 Å². The molecule has 2 fully saturated rings. The fourth-order valence-electron chi connectivity index (χ4n) is 5.08. The molecule has 0 saturated carbocycles. The minimum atomic E-state index is -2.96. The van der Waals surface area contributed by atoms with E-state index >= 15 is 0 Å². The average Bonchev–Trinajstić information content (AvgIpc) is 3.20. The summed E-state index contributed by atoms with van der Waals surface area (Å²) in [7, 11) is -2.96. The molecule has 2 aliphatic heterocycles. The largest absolute Gasteiger partial charge is 0.360 e. The predicted octanol–water partition coefficient (Wildman–Crippen LogP) is 1.36. The van der Waals surface area contributed by atoms with E-state index in [1.54, 1.807) is 0 Å². The number of hydrogen-bond donors (Lipinski definition) is 1. The van der Waals surface area contributed by atoms with Crippen LogP contribution in [0.1, 0.15) is 39.8 Å². The zero-order valence-corrected chi connectivity index (χ0v) is 19.0. The van der Waals surface area contributed by atoms with Gasteiger partial charge in [-0.25, -0.2) is 8.42 Å². The number of para-hydroxylation sites is 1. The number of quaternary nitrogens is 1. The fraction of sp³-hybridized carbons (Fsp3) is 0.522. The number of carbonyl (C=O) groups is 1. The van der Waals surface area contributed by atoms with Gasteiger partial charge in [-0.3, -0.25) is 4.79 Å². The number of Topliss-reactive ketones (excluding diaryl/α,β-unsaturated/α-hetero) is 1. The van der Waals surface area contributed by atoms with Crippen LogP contribution in [0.5, 0.6) is 0 Å². The van der Waals surface area contributed by atoms with Gasteiger partial charge in [0.15, 0.2) is 9.84 Å². The third-order valence-electron chi connectivity index (χ3n) is 6.70. The lowest BCUT2D eigenvalue weighted by Gasteiger charge is -2.34. The first-order valence-electron chi connectivity index (χ1n) is 10.8. The lowest BCUT2D eigenvalue weighted by Crippen LogP contribution is -3.15. The van der Waals surface area contributed by atoms with Crippen LogP contribution in [0, 0.1) is 20.8 Å². The van der Waals surface area contributed by atoms with E-state index in [0.717, 1.165) is 43.1 Å². The van der Waals surface area contributed by atoms with Crippen molar-refractivity contribution in [2.75, 3.05) is 49.1 Å². The summed E-state index contributed by atoms with van der Waals surface area (Å²) in [5.41, 5.74) is 5.23. The number of benzene rings is 1. The molecule has 1 aromatic carbocycles. The van der Waals surface area contributed by atoms with E-state index in [9.17, 15) is 13.2 Å². The maximum atomic E-state index is 13.1. The van der Waals surface area contributed by atoms with Crippen molar-refractivity contribution in [3.8, 4) is 0 Å². The van der Waals surface area contributed by atoms with Crippen molar-refractivity contribution in [2.45, 2.75) is 33.2 Å². The minimum absolute atomic E-state index is 0.0402. The number of aryl methyl sites for hydroxylation is 2. The summed E-state index contributed by atoms with van der Waals surface area (Å²) in [6.07, 6.45) is 0.637. The van der Waals surface area contributed by atoms with Crippen LogP contribution in [0.2, 0.25) is 0 Å². The van der Waals surface area contributed by atoms with Crippen LogP contribution in [0.3, 0.4) is 0 Å². The summed E-state index contributed by atoms with van der Waals surface area (Å²) in [4.78, 5) is 16.8. The summed E-state index contributed by atoms with van der Waals surface area (Å²) in [5, 5.41) is 0. The number of hydrogen-bond acceptors (Lipinski definition) is 4. The van der Waals surface area contributed by atoms with Crippen molar-refractivity contribution in [1.82, 2.24) is 4.57 Å². The van der Waals surface area contributed by atoms with Gasteiger partial charge in [-0.2, -0.15) is 0 Å². The number of carbonyl (C=O) groups excluding carboxylic acids is 1. The number of piperazine rings is 1. The van der Waals surface area contributed by atoms with E-state index in [-0.39, 0.29) is 23.3 Å². The molecular weight excluding hydrogens is 398 g/mol. The zero-order valence-electron chi connectivity index (χ0n) is 18.1. The van der Waals surface area contributed by atoms with Crippen molar-refractivity contribution in [2.24, 2.45) is 0 Å². The zero-order chi connectivity index (χ0) is 21.5. The van der Waals surface area contributed by atoms with Gasteiger partial charge in [-0.05, 0) is 44.9 Å². The molecule has 3 heterocycles. The molecule has 2 aliphatic rings. The Morgan fingerprint density at radius 3 is 2.47 bits per heavy atom. The molecule has 0 spiro atoms. The first kappa shape index (κ1) is 21.1. The van der Waals surface area contributed by atoms with Gasteiger partial charge in [-0.15, -0.1) is 0 Å². The van der Waals surface area contributed by atoms with E-state index < -0.39 is 9.84 Å². The van der Waals surface area contributed by atoms with Gasteiger partial charge in [0.1, 0.15) is 6.54 Å². The van der Waals surface area contributed by atoms with Crippen molar-refractivity contribution >= 4 is 21.3 Å². The molecule has 0 bridgehead atoms. The topological polar surface area (TPSA) is 63.8 Å². The smallest absolute Gasteiger partial charge is 0.218 e. The van der Waals surface area contributed by atoms with E-state index in [0.29, 0.717) is 13.0 Å².